The van der Waals surface area contributed by atoms with Gasteiger partial charge >= 0.3 is 0 Å². The summed E-state index contributed by atoms with van der Waals surface area (Å²) in [5, 5.41) is 9.62. The number of β-amino-alcohol motifs (C(OH)–C–C–N with tert-alkyl or cyclic N) is 1. The van der Waals surface area contributed by atoms with Gasteiger partial charge in [-0.2, -0.15) is 0 Å². The van der Waals surface area contributed by atoms with Crippen LogP contribution in [0.4, 0.5) is 5.82 Å². The van der Waals surface area contributed by atoms with Crippen LogP contribution in [0.15, 0.2) is 24.3 Å². The zero-order chi connectivity index (χ0) is 18.7. The summed E-state index contributed by atoms with van der Waals surface area (Å²) in [6.45, 7) is 12.6. The Labute approximate surface area is 156 Å². The van der Waals surface area contributed by atoms with E-state index in [2.05, 4.69) is 52.9 Å². The summed E-state index contributed by atoms with van der Waals surface area (Å²) in [7, 11) is 0. The molecule has 1 aliphatic heterocycles. The van der Waals surface area contributed by atoms with Crippen LogP contribution in [0.1, 0.15) is 35.1 Å². The van der Waals surface area contributed by atoms with Crippen LogP contribution in [0.3, 0.4) is 0 Å². The van der Waals surface area contributed by atoms with Gasteiger partial charge in [-0.25, -0.2) is 9.97 Å². The number of piperazine rings is 1. The summed E-state index contributed by atoms with van der Waals surface area (Å²) < 4.78 is 0. The van der Waals surface area contributed by atoms with Crippen LogP contribution in [-0.2, 0) is 6.42 Å². The molecule has 0 radical (unpaired) electrons. The molecule has 0 unspecified atom stereocenters. The van der Waals surface area contributed by atoms with Gasteiger partial charge in [0.1, 0.15) is 11.6 Å². The molecular formula is C21H30N4O. The summed E-state index contributed by atoms with van der Waals surface area (Å²) in [6.07, 6.45) is 0.587. The number of anilines is 1. The first kappa shape index (κ1) is 18.8. The van der Waals surface area contributed by atoms with Crippen molar-refractivity contribution in [3.8, 4) is 0 Å². The minimum atomic E-state index is -0.276. The van der Waals surface area contributed by atoms with Crippen LogP contribution >= 0.6 is 0 Å². The Morgan fingerprint density at radius 2 is 1.73 bits per heavy atom. The highest BCUT2D eigenvalue weighted by molar-refractivity contribution is 5.52. The summed E-state index contributed by atoms with van der Waals surface area (Å²) >= 11 is 0. The van der Waals surface area contributed by atoms with E-state index in [0.717, 1.165) is 56.5 Å². The third-order valence-electron chi connectivity index (χ3n) is 5.13. The van der Waals surface area contributed by atoms with Crippen molar-refractivity contribution in [3.05, 3.63) is 52.5 Å². The van der Waals surface area contributed by atoms with Gasteiger partial charge in [-0.1, -0.05) is 24.3 Å². The van der Waals surface area contributed by atoms with Gasteiger partial charge in [-0.05, 0) is 38.8 Å². The predicted molar refractivity (Wildman–Crippen MR) is 106 cm³/mol. The normalized spacial score (nSPS) is 16.7. The average Bonchev–Trinajstić information content (AvgIpc) is 2.59. The average molecular weight is 354 g/mol. The molecule has 5 heteroatoms. The van der Waals surface area contributed by atoms with Crippen LogP contribution in [0.25, 0.3) is 0 Å². The number of benzene rings is 1. The van der Waals surface area contributed by atoms with Crippen molar-refractivity contribution in [1.82, 2.24) is 14.9 Å². The molecule has 1 atom stereocenters. The molecule has 1 aromatic carbocycles. The summed E-state index contributed by atoms with van der Waals surface area (Å²) in [5.74, 6) is 1.91. The lowest BCUT2D eigenvalue weighted by molar-refractivity contribution is 0.122. The first-order valence-corrected chi connectivity index (χ1v) is 9.48. The van der Waals surface area contributed by atoms with Crippen molar-refractivity contribution in [2.24, 2.45) is 0 Å². The van der Waals surface area contributed by atoms with Crippen molar-refractivity contribution in [2.45, 2.75) is 40.2 Å². The van der Waals surface area contributed by atoms with Gasteiger partial charge in [0, 0.05) is 50.4 Å². The molecule has 1 aliphatic rings. The molecule has 0 amide bonds. The molecule has 0 bridgehead atoms. The molecule has 140 valence electrons. The van der Waals surface area contributed by atoms with Crippen molar-refractivity contribution in [1.29, 1.82) is 0 Å². The standard InChI is InChI=1S/C21H30N4O/c1-15-7-5-6-8-19(15)13-20-17(3)22-18(4)23-21(20)25-11-9-24(10-12-25)14-16(2)26/h5-8,16,26H,9-14H2,1-4H3/t16-/m0/s1. The van der Waals surface area contributed by atoms with Crippen LogP contribution in [0, 0.1) is 20.8 Å². The Balaban J connectivity index is 1.84. The molecular weight excluding hydrogens is 324 g/mol. The molecule has 1 aromatic heterocycles. The Morgan fingerprint density at radius 3 is 2.38 bits per heavy atom. The number of aryl methyl sites for hydroxylation is 3. The van der Waals surface area contributed by atoms with Crippen molar-refractivity contribution in [2.75, 3.05) is 37.6 Å². The first-order valence-electron chi connectivity index (χ1n) is 9.48. The monoisotopic (exact) mass is 354 g/mol. The Bertz CT molecular complexity index is 752. The smallest absolute Gasteiger partial charge is 0.136 e. The molecule has 5 nitrogen and oxygen atoms in total. The van der Waals surface area contributed by atoms with Crippen LogP contribution in [-0.4, -0.2) is 58.8 Å². The maximum Gasteiger partial charge on any atom is 0.136 e. The highest BCUT2D eigenvalue weighted by Crippen LogP contribution is 2.26. The Hall–Kier alpha value is -1.98. The van der Waals surface area contributed by atoms with Gasteiger partial charge in [0.15, 0.2) is 0 Å². The largest absolute Gasteiger partial charge is 0.392 e. The molecule has 1 fully saturated rings. The number of aliphatic hydroxyl groups excluding tert-OH is 1. The number of rotatable bonds is 5. The van der Waals surface area contributed by atoms with Crippen molar-refractivity contribution < 1.29 is 5.11 Å². The molecule has 1 N–H and O–H groups in total. The molecule has 2 aromatic rings. The number of hydrogen-bond acceptors (Lipinski definition) is 5. The second-order valence-corrected chi connectivity index (χ2v) is 7.40. The zero-order valence-corrected chi connectivity index (χ0v) is 16.4. The molecule has 0 spiro atoms. The molecule has 26 heavy (non-hydrogen) atoms. The number of aliphatic hydroxyl groups is 1. The van der Waals surface area contributed by atoms with Gasteiger partial charge < -0.3 is 10.0 Å². The van der Waals surface area contributed by atoms with Crippen molar-refractivity contribution >= 4 is 5.82 Å². The SMILES string of the molecule is Cc1nc(C)c(Cc2ccccc2C)c(N2CCN(C[C@H](C)O)CC2)n1. The van der Waals surface area contributed by atoms with E-state index in [-0.39, 0.29) is 6.10 Å². The lowest BCUT2D eigenvalue weighted by Crippen LogP contribution is -2.48. The summed E-state index contributed by atoms with van der Waals surface area (Å²) in [6, 6.07) is 8.54. The number of nitrogens with zero attached hydrogens (tertiary/aromatic N) is 4. The maximum atomic E-state index is 9.62. The van der Waals surface area contributed by atoms with E-state index in [1.54, 1.807) is 0 Å². The second-order valence-electron chi connectivity index (χ2n) is 7.40. The predicted octanol–water partition coefficient (Wildman–Crippen LogP) is 2.50. The lowest BCUT2D eigenvalue weighted by atomic mass is 9.99. The number of aromatic nitrogens is 2. The van der Waals surface area contributed by atoms with Gasteiger partial charge in [0.25, 0.3) is 0 Å². The summed E-state index contributed by atoms with van der Waals surface area (Å²) in [4.78, 5) is 14.1. The maximum absolute atomic E-state index is 9.62. The van der Waals surface area contributed by atoms with Crippen LogP contribution < -0.4 is 4.90 Å². The lowest BCUT2D eigenvalue weighted by Gasteiger charge is -2.37. The highest BCUT2D eigenvalue weighted by atomic mass is 16.3. The molecule has 2 heterocycles. The fourth-order valence-corrected chi connectivity index (χ4v) is 3.70. The summed E-state index contributed by atoms with van der Waals surface area (Å²) in [5.41, 5.74) is 4.94. The van der Waals surface area contributed by atoms with Gasteiger partial charge in [-0.15, -0.1) is 0 Å². The highest BCUT2D eigenvalue weighted by Gasteiger charge is 2.23. The van der Waals surface area contributed by atoms with Crippen LogP contribution in [0.5, 0.6) is 0 Å². The fourth-order valence-electron chi connectivity index (χ4n) is 3.70. The van der Waals surface area contributed by atoms with Gasteiger partial charge in [0.2, 0.25) is 0 Å². The van der Waals surface area contributed by atoms with Crippen LogP contribution in [0.2, 0.25) is 0 Å². The Kier molecular flexibility index (Phi) is 5.89. The third-order valence-corrected chi connectivity index (χ3v) is 5.13. The molecule has 0 saturated carbocycles. The van der Waals surface area contributed by atoms with Gasteiger partial charge in [0.05, 0.1) is 6.10 Å². The topological polar surface area (TPSA) is 52.5 Å². The van der Waals surface area contributed by atoms with E-state index in [1.165, 1.54) is 16.7 Å². The van der Waals surface area contributed by atoms with E-state index in [1.807, 2.05) is 13.8 Å². The van der Waals surface area contributed by atoms with Gasteiger partial charge in [-0.3, -0.25) is 4.90 Å². The molecule has 0 aliphatic carbocycles. The first-order chi connectivity index (χ1) is 12.4. The third kappa shape index (κ3) is 4.40. The van der Waals surface area contributed by atoms with E-state index in [0.29, 0.717) is 0 Å². The van der Waals surface area contributed by atoms with E-state index in [4.69, 9.17) is 4.98 Å². The zero-order valence-electron chi connectivity index (χ0n) is 16.4. The van der Waals surface area contributed by atoms with E-state index >= 15 is 0 Å². The minimum Gasteiger partial charge on any atom is -0.392 e. The van der Waals surface area contributed by atoms with E-state index in [9.17, 15) is 5.11 Å². The fraction of sp³-hybridized carbons (Fsp3) is 0.524. The van der Waals surface area contributed by atoms with Crippen molar-refractivity contribution in [3.63, 3.8) is 0 Å². The molecule has 1 saturated heterocycles. The Morgan fingerprint density at radius 1 is 1.04 bits per heavy atom. The number of hydrogen-bond donors (Lipinski definition) is 1. The minimum absolute atomic E-state index is 0.276. The quantitative estimate of drug-likeness (QED) is 0.894. The molecule has 3 rings (SSSR count). The second kappa shape index (κ2) is 8.14. The van der Waals surface area contributed by atoms with E-state index < -0.39 is 0 Å².